The van der Waals surface area contributed by atoms with Crippen LogP contribution >= 0.6 is 34.7 Å². The van der Waals surface area contributed by atoms with Gasteiger partial charge in [0.05, 0.1) is 11.4 Å². The molecule has 0 bridgehead atoms. The second-order valence-corrected chi connectivity index (χ2v) is 10.4. The number of aromatic nitrogens is 5. The Morgan fingerprint density at radius 2 is 1.97 bits per heavy atom. The van der Waals surface area contributed by atoms with Crippen molar-refractivity contribution < 1.29 is 4.79 Å². The highest BCUT2D eigenvalue weighted by Crippen LogP contribution is 2.31. The maximum atomic E-state index is 12.5. The van der Waals surface area contributed by atoms with Crippen LogP contribution in [0.1, 0.15) is 28.3 Å². The summed E-state index contributed by atoms with van der Waals surface area (Å²) in [5.41, 5.74) is 2.23. The minimum atomic E-state index is -0.126. The minimum Gasteiger partial charge on any atom is -0.349 e. The normalized spacial score (nSPS) is 13.9. The van der Waals surface area contributed by atoms with Crippen LogP contribution in [0.2, 0.25) is 5.02 Å². The summed E-state index contributed by atoms with van der Waals surface area (Å²) in [5.74, 6) is 1.15. The third-order valence-electron chi connectivity index (χ3n) is 5.66. The molecule has 0 unspecified atom stereocenters. The largest absolute Gasteiger partial charge is 0.349 e. The molecule has 4 heterocycles. The Morgan fingerprint density at radius 1 is 1.14 bits per heavy atom. The number of amides is 1. The van der Waals surface area contributed by atoms with Crippen molar-refractivity contribution in [3.63, 3.8) is 0 Å². The standard InChI is InChI=1S/C24H24ClN7OS2/c25-18-4-3-5-19(14-18)32-22(17-6-8-26-9-7-17)29-30-24(32)35-16-21-28-20(15-34-21)23(33)27-10-13-31-11-1-2-12-31/h3-9,14-15H,1-2,10-13,16H2,(H,27,33). The summed E-state index contributed by atoms with van der Waals surface area (Å²) in [6.45, 7) is 3.77. The first-order valence-corrected chi connectivity index (χ1v) is 13.6. The highest BCUT2D eigenvalue weighted by atomic mass is 35.5. The fourth-order valence-electron chi connectivity index (χ4n) is 3.93. The van der Waals surface area contributed by atoms with Gasteiger partial charge in [-0.1, -0.05) is 29.4 Å². The molecule has 11 heteroatoms. The molecule has 1 fully saturated rings. The molecule has 4 aromatic rings. The maximum Gasteiger partial charge on any atom is 0.270 e. The highest BCUT2D eigenvalue weighted by Gasteiger charge is 2.18. The molecule has 0 saturated carbocycles. The number of carbonyl (C=O) groups excluding carboxylic acids is 1. The van der Waals surface area contributed by atoms with Crippen molar-refractivity contribution in [2.45, 2.75) is 23.8 Å². The van der Waals surface area contributed by atoms with E-state index in [-0.39, 0.29) is 5.91 Å². The van der Waals surface area contributed by atoms with Gasteiger partial charge < -0.3 is 10.2 Å². The van der Waals surface area contributed by atoms with Crippen LogP contribution in [0.3, 0.4) is 0 Å². The fourth-order valence-corrected chi connectivity index (χ4v) is 5.86. The van der Waals surface area contributed by atoms with E-state index in [0.717, 1.165) is 35.9 Å². The van der Waals surface area contributed by atoms with Gasteiger partial charge in [0.15, 0.2) is 11.0 Å². The van der Waals surface area contributed by atoms with Gasteiger partial charge in [-0.15, -0.1) is 21.5 Å². The number of carbonyl (C=O) groups is 1. The molecule has 1 saturated heterocycles. The first kappa shape index (κ1) is 23.9. The number of nitrogens with zero attached hydrogens (tertiary/aromatic N) is 6. The summed E-state index contributed by atoms with van der Waals surface area (Å²) in [5, 5.41) is 15.9. The molecule has 1 amide bonds. The van der Waals surface area contributed by atoms with Gasteiger partial charge >= 0.3 is 0 Å². The van der Waals surface area contributed by atoms with Crippen LogP contribution in [0.25, 0.3) is 17.1 Å². The van der Waals surface area contributed by atoms with Crippen molar-refractivity contribution in [2.24, 2.45) is 0 Å². The molecular weight excluding hydrogens is 502 g/mol. The van der Waals surface area contributed by atoms with E-state index in [1.807, 2.05) is 46.3 Å². The van der Waals surface area contributed by atoms with Crippen LogP contribution in [0.15, 0.2) is 59.3 Å². The van der Waals surface area contributed by atoms with Gasteiger partial charge in [-0.2, -0.15) is 0 Å². The molecule has 5 rings (SSSR count). The van der Waals surface area contributed by atoms with Crippen LogP contribution in [0.4, 0.5) is 0 Å². The molecule has 1 aliphatic rings. The summed E-state index contributed by atoms with van der Waals surface area (Å²) in [4.78, 5) is 23.5. The van der Waals surface area contributed by atoms with Gasteiger partial charge in [-0.25, -0.2) is 4.98 Å². The zero-order chi connectivity index (χ0) is 24.0. The molecule has 1 aliphatic heterocycles. The Balaban J connectivity index is 1.28. The van der Waals surface area contributed by atoms with Crippen molar-refractivity contribution in [2.75, 3.05) is 26.2 Å². The molecule has 8 nitrogen and oxygen atoms in total. The molecular formula is C24H24ClN7OS2. The van der Waals surface area contributed by atoms with E-state index in [1.165, 1.54) is 35.9 Å². The van der Waals surface area contributed by atoms with Gasteiger partial charge in [0.1, 0.15) is 10.7 Å². The Labute approximate surface area is 216 Å². The zero-order valence-corrected chi connectivity index (χ0v) is 21.3. The average molecular weight is 526 g/mol. The molecule has 3 aromatic heterocycles. The molecule has 0 spiro atoms. The lowest BCUT2D eigenvalue weighted by Crippen LogP contribution is -2.33. The first-order valence-electron chi connectivity index (χ1n) is 11.4. The van der Waals surface area contributed by atoms with E-state index >= 15 is 0 Å². The van der Waals surface area contributed by atoms with E-state index < -0.39 is 0 Å². The van der Waals surface area contributed by atoms with Crippen LogP contribution < -0.4 is 5.32 Å². The van der Waals surface area contributed by atoms with E-state index in [9.17, 15) is 4.79 Å². The highest BCUT2D eigenvalue weighted by molar-refractivity contribution is 7.98. The lowest BCUT2D eigenvalue weighted by molar-refractivity contribution is 0.0945. The number of thioether (sulfide) groups is 1. The van der Waals surface area contributed by atoms with Gasteiger partial charge in [0, 0.05) is 41.4 Å². The van der Waals surface area contributed by atoms with Crippen LogP contribution in [-0.2, 0) is 5.75 Å². The molecule has 1 N–H and O–H groups in total. The molecule has 1 aromatic carbocycles. The van der Waals surface area contributed by atoms with Gasteiger partial charge in [-0.3, -0.25) is 14.3 Å². The van der Waals surface area contributed by atoms with Gasteiger partial charge in [-0.05, 0) is 56.3 Å². The number of nitrogens with one attached hydrogen (secondary N) is 1. The number of halogens is 1. The SMILES string of the molecule is O=C(NCCN1CCCC1)c1csc(CSc2nnc(-c3ccncc3)n2-c2cccc(Cl)c2)n1. The fraction of sp³-hybridized carbons (Fsp3) is 0.292. The van der Waals surface area contributed by atoms with Crippen molar-refractivity contribution in [1.82, 2.24) is 34.9 Å². The number of rotatable bonds is 9. The number of thiazole rings is 1. The second kappa shape index (κ2) is 11.3. The number of benzene rings is 1. The molecule has 180 valence electrons. The lowest BCUT2D eigenvalue weighted by atomic mass is 10.2. The van der Waals surface area contributed by atoms with E-state index in [0.29, 0.717) is 34.0 Å². The Hall–Kier alpha value is -2.79. The second-order valence-electron chi connectivity index (χ2n) is 8.08. The number of hydrogen-bond donors (Lipinski definition) is 1. The zero-order valence-electron chi connectivity index (χ0n) is 18.9. The lowest BCUT2D eigenvalue weighted by Gasteiger charge is -2.14. The predicted molar refractivity (Wildman–Crippen MR) is 139 cm³/mol. The topological polar surface area (TPSA) is 88.8 Å². The number of likely N-dealkylation sites (tertiary alicyclic amines) is 1. The van der Waals surface area contributed by atoms with E-state index in [2.05, 4.69) is 30.4 Å². The van der Waals surface area contributed by atoms with Crippen molar-refractivity contribution in [3.8, 4) is 17.1 Å². The van der Waals surface area contributed by atoms with Crippen molar-refractivity contribution in [3.05, 3.63) is 69.9 Å². The smallest absolute Gasteiger partial charge is 0.270 e. The number of hydrogen-bond acceptors (Lipinski definition) is 8. The average Bonchev–Trinajstić information content (AvgIpc) is 3.64. The molecule has 0 aliphatic carbocycles. The van der Waals surface area contributed by atoms with Crippen LogP contribution in [0, 0.1) is 0 Å². The van der Waals surface area contributed by atoms with Gasteiger partial charge in [0.25, 0.3) is 5.91 Å². The molecule has 0 atom stereocenters. The summed E-state index contributed by atoms with van der Waals surface area (Å²) in [6.07, 6.45) is 5.95. The summed E-state index contributed by atoms with van der Waals surface area (Å²) in [6, 6.07) is 11.4. The first-order chi connectivity index (χ1) is 17.2. The Kier molecular flexibility index (Phi) is 7.72. The third-order valence-corrected chi connectivity index (χ3v) is 7.87. The van der Waals surface area contributed by atoms with Crippen LogP contribution in [0.5, 0.6) is 0 Å². The summed E-state index contributed by atoms with van der Waals surface area (Å²) < 4.78 is 1.98. The van der Waals surface area contributed by atoms with Crippen molar-refractivity contribution >= 4 is 40.6 Å². The van der Waals surface area contributed by atoms with Crippen LogP contribution in [-0.4, -0.2) is 61.7 Å². The monoisotopic (exact) mass is 525 g/mol. The Bertz CT molecular complexity index is 1290. The Morgan fingerprint density at radius 3 is 2.77 bits per heavy atom. The van der Waals surface area contributed by atoms with Crippen molar-refractivity contribution in [1.29, 1.82) is 0 Å². The van der Waals surface area contributed by atoms with E-state index in [1.54, 1.807) is 12.4 Å². The maximum absolute atomic E-state index is 12.5. The third kappa shape index (κ3) is 5.90. The summed E-state index contributed by atoms with van der Waals surface area (Å²) >= 11 is 9.26. The minimum absolute atomic E-state index is 0.126. The summed E-state index contributed by atoms with van der Waals surface area (Å²) in [7, 11) is 0. The number of pyridine rings is 1. The van der Waals surface area contributed by atoms with Gasteiger partial charge in [0.2, 0.25) is 0 Å². The van der Waals surface area contributed by atoms with E-state index in [4.69, 9.17) is 11.6 Å². The quantitative estimate of drug-likeness (QED) is 0.320. The predicted octanol–water partition coefficient (Wildman–Crippen LogP) is 4.56. The molecule has 35 heavy (non-hydrogen) atoms. The molecule has 0 radical (unpaired) electrons.